The van der Waals surface area contributed by atoms with Crippen molar-refractivity contribution in [2.45, 2.75) is 6.92 Å². The zero-order valence-corrected chi connectivity index (χ0v) is 10.6. The Labute approximate surface area is 112 Å². The molecular weight excluding hydrogens is 234 g/mol. The van der Waals surface area contributed by atoms with Crippen LogP contribution >= 0.6 is 0 Å². The topological polar surface area (TPSA) is 40.9 Å². The summed E-state index contributed by atoms with van der Waals surface area (Å²) in [5.41, 5.74) is 2.63. The molecule has 0 spiro atoms. The van der Waals surface area contributed by atoms with Gasteiger partial charge in [0.05, 0.1) is 0 Å². The van der Waals surface area contributed by atoms with Crippen LogP contribution < -0.4 is 0 Å². The number of rotatable bonds is 3. The van der Waals surface area contributed by atoms with E-state index in [0.717, 1.165) is 11.1 Å². The molecule has 0 aliphatic heterocycles. The van der Waals surface area contributed by atoms with Gasteiger partial charge < -0.3 is 0 Å². The van der Waals surface area contributed by atoms with Gasteiger partial charge in [0.25, 0.3) is 0 Å². The first kappa shape index (κ1) is 12.8. The summed E-state index contributed by atoms with van der Waals surface area (Å²) >= 11 is 0. The van der Waals surface area contributed by atoms with E-state index in [0.29, 0.717) is 5.57 Å². The fourth-order valence-electron chi connectivity index (χ4n) is 1.98. The number of allylic oxidation sites excluding steroid dienone is 1. The average Bonchev–Trinajstić information content (AvgIpc) is 2.46. The second kappa shape index (κ2) is 5.79. The van der Waals surface area contributed by atoms with Crippen molar-refractivity contribution >= 4 is 11.4 Å². The number of Topliss-reactive ketones (excluding diaryl/α,β-unsaturated/α-hetero) is 1. The zero-order chi connectivity index (χ0) is 13.7. The molecule has 0 unspecified atom stereocenters. The summed E-state index contributed by atoms with van der Waals surface area (Å²) < 4.78 is 0. The van der Waals surface area contributed by atoms with Crippen molar-refractivity contribution in [3.05, 3.63) is 77.4 Å². The van der Waals surface area contributed by atoms with Crippen LogP contribution in [0.4, 0.5) is 0 Å². The van der Waals surface area contributed by atoms with E-state index in [4.69, 9.17) is 0 Å². The number of hydrogen-bond donors (Lipinski definition) is 0. The van der Waals surface area contributed by atoms with Crippen molar-refractivity contribution in [1.82, 2.24) is 0 Å². The third-order valence-corrected chi connectivity index (χ3v) is 2.84. The summed E-state index contributed by atoms with van der Waals surface area (Å²) in [6, 6.07) is 21.1. The van der Waals surface area contributed by atoms with Crippen molar-refractivity contribution in [2.75, 3.05) is 0 Å². The third kappa shape index (κ3) is 2.78. The van der Waals surface area contributed by atoms with Crippen molar-refractivity contribution in [1.29, 1.82) is 5.26 Å². The zero-order valence-electron chi connectivity index (χ0n) is 10.6. The van der Waals surface area contributed by atoms with Crippen LogP contribution in [0, 0.1) is 11.3 Å². The van der Waals surface area contributed by atoms with E-state index in [9.17, 15) is 10.1 Å². The molecule has 2 aromatic carbocycles. The predicted molar refractivity (Wildman–Crippen MR) is 75.2 cm³/mol. The number of nitriles is 1. The van der Waals surface area contributed by atoms with Crippen LogP contribution in [0.15, 0.2) is 66.2 Å². The van der Waals surface area contributed by atoms with Gasteiger partial charge in [0.15, 0.2) is 5.78 Å². The van der Waals surface area contributed by atoms with Crippen LogP contribution in [0.5, 0.6) is 0 Å². The van der Waals surface area contributed by atoms with Crippen LogP contribution in [-0.4, -0.2) is 5.78 Å². The van der Waals surface area contributed by atoms with Crippen molar-refractivity contribution in [2.24, 2.45) is 0 Å². The van der Waals surface area contributed by atoms with Gasteiger partial charge in [0.2, 0.25) is 0 Å². The number of nitrogens with zero attached hydrogens (tertiary/aromatic N) is 1. The highest BCUT2D eigenvalue weighted by molar-refractivity contribution is 6.07. The van der Waals surface area contributed by atoms with Gasteiger partial charge in [-0.2, -0.15) is 5.26 Å². The quantitative estimate of drug-likeness (QED) is 0.614. The largest absolute Gasteiger partial charge is 0.294 e. The molecule has 0 heterocycles. The van der Waals surface area contributed by atoms with Gasteiger partial charge in [0, 0.05) is 5.57 Å². The summed E-state index contributed by atoms with van der Waals surface area (Å²) in [5.74, 6) is -0.217. The van der Waals surface area contributed by atoms with E-state index < -0.39 is 0 Å². The molecule has 0 N–H and O–H groups in total. The number of benzene rings is 2. The van der Waals surface area contributed by atoms with E-state index in [1.165, 1.54) is 6.92 Å². The molecule has 0 aliphatic rings. The van der Waals surface area contributed by atoms with E-state index >= 15 is 0 Å². The average molecular weight is 247 g/mol. The number of ketones is 1. The summed E-state index contributed by atoms with van der Waals surface area (Å²) in [4.78, 5) is 11.7. The Morgan fingerprint density at radius 1 is 0.895 bits per heavy atom. The van der Waals surface area contributed by atoms with Crippen molar-refractivity contribution < 1.29 is 4.79 Å². The maximum atomic E-state index is 11.7. The fraction of sp³-hybridized carbons (Fsp3) is 0.0588. The van der Waals surface area contributed by atoms with Gasteiger partial charge in [-0.05, 0) is 18.1 Å². The van der Waals surface area contributed by atoms with Gasteiger partial charge in [-0.3, -0.25) is 4.79 Å². The lowest BCUT2D eigenvalue weighted by Crippen LogP contribution is -2.01. The summed E-state index contributed by atoms with van der Waals surface area (Å²) in [7, 11) is 0. The van der Waals surface area contributed by atoms with Gasteiger partial charge in [-0.25, -0.2) is 0 Å². The highest BCUT2D eigenvalue weighted by Crippen LogP contribution is 2.26. The first-order valence-corrected chi connectivity index (χ1v) is 6.00. The normalized spacial score (nSPS) is 9.47. The summed E-state index contributed by atoms with van der Waals surface area (Å²) in [6.07, 6.45) is 0. The van der Waals surface area contributed by atoms with Crippen LogP contribution in [-0.2, 0) is 4.79 Å². The molecule has 0 saturated carbocycles. The Kier molecular flexibility index (Phi) is 3.90. The molecule has 0 aliphatic carbocycles. The van der Waals surface area contributed by atoms with Gasteiger partial charge in [-0.15, -0.1) is 0 Å². The Morgan fingerprint density at radius 2 is 1.32 bits per heavy atom. The molecule has 2 aromatic rings. The van der Waals surface area contributed by atoms with Crippen LogP contribution in [0.1, 0.15) is 18.1 Å². The lowest BCUT2D eigenvalue weighted by atomic mass is 9.92. The fourth-order valence-corrected chi connectivity index (χ4v) is 1.98. The Balaban J connectivity index is 2.73. The molecule has 2 nitrogen and oxygen atoms in total. The number of carbonyl (C=O) groups is 1. The molecule has 0 amide bonds. The van der Waals surface area contributed by atoms with Gasteiger partial charge in [-0.1, -0.05) is 60.7 Å². The molecular formula is C17H13NO. The highest BCUT2D eigenvalue weighted by Gasteiger charge is 2.14. The summed E-state index contributed by atoms with van der Waals surface area (Å²) in [5, 5.41) is 9.26. The summed E-state index contributed by atoms with van der Waals surface area (Å²) in [6.45, 7) is 1.42. The van der Waals surface area contributed by atoms with E-state index in [1.807, 2.05) is 66.7 Å². The molecule has 0 saturated heterocycles. The molecule has 0 radical (unpaired) electrons. The predicted octanol–water partition coefficient (Wildman–Crippen LogP) is 3.60. The second-order valence-corrected chi connectivity index (χ2v) is 4.15. The monoisotopic (exact) mass is 247 g/mol. The van der Waals surface area contributed by atoms with Crippen molar-refractivity contribution in [3.8, 4) is 6.07 Å². The lowest BCUT2D eigenvalue weighted by molar-refractivity contribution is -0.113. The first-order chi connectivity index (χ1) is 9.24. The number of hydrogen-bond acceptors (Lipinski definition) is 2. The molecule has 19 heavy (non-hydrogen) atoms. The minimum atomic E-state index is -0.217. The minimum Gasteiger partial charge on any atom is -0.294 e. The maximum Gasteiger partial charge on any atom is 0.170 e. The van der Waals surface area contributed by atoms with E-state index in [-0.39, 0.29) is 11.4 Å². The van der Waals surface area contributed by atoms with Gasteiger partial charge in [0.1, 0.15) is 11.6 Å². The Hall–Kier alpha value is -2.66. The van der Waals surface area contributed by atoms with Crippen molar-refractivity contribution in [3.63, 3.8) is 0 Å². The Morgan fingerprint density at radius 3 is 1.63 bits per heavy atom. The third-order valence-electron chi connectivity index (χ3n) is 2.84. The van der Waals surface area contributed by atoms with E-state index in [1.54, 1.807) is 0 Å². The van der Waals surface area contributed by atoms with Crippen LogP contribution in [0.2, 0.25) is 0 Å². The molecule has 0 atom stereocenters. The van der Waals surface area contributed by atoms with E-state index in [2.05, 4.69) is 0 Å². The molecule has 92 valence electrons. The highest BCUT2D eigenvalue weighted by atomic mass is 16.1. The second-order valence-electron chi connectivity index (χ2n) is 4.15. The van der Waals surface area contributed by atoms with Crippen LogP contribution in [0.25, 0.3) is 5.57 Å². The SMILES string of the molecule is CC(=O)C(C#N)=C(c1ccccc1)c1ccccc1. The molecule has 0 aromatic heterocycles. The minimum absolute atomic E-state index is 0.192. The van der Waals surface area contributed by atoms with Gasteiger partial charge >= 0.3 is 0 Å². The Bertz CT molecular complexity index is 607. The maximum absolute atomic E-state index is 11.7. The lowest BCUT2D eigenvalue weighted by Gasteiger charge is -2.10. The smallest absolute Gasteiger partial charge is 0.170 e. The van der Waals surface area contributed by atoms with Crippen LogP contribution in [0.3, 0.4) is 0 Å². The molecule has 2 rings (SSSR count). The molecule has 0 fully saturated rings. The first-order valence-electron chi connectivity index (χ1n) is 6.00. The number of carbonyl (C=O) groups excluding carboxylic acids is 1. The molecule has 0 bridgehead atoms. The molecule has 2 heteroatoms. The standard InChI is InChI=1S/C17H13NO/c1-13(19)16(12-18)17(14-8-4-2-5-9-14)15-10-6-3-7-11-15/h2-11H,1H3.